The van der Waals surface area contributed by atoms with E-state index in [2.05, 4.69) is 23.5 Å². The topological polar surface area (TPSA) is 65.1 Å². The Morgan fingerprint density at radius 3 is 2.80 bits per heavy atom. The predicted molar refractivity (Wildman–Crippen MR) is 79.4 cm³/mol. The lowest BCUT2D eigenvalue weighted by atomic mass is 10.0. The second kappa shape index (κ2) is 6.54. The van der Waals surface area contributed by atoms with Crippen LogP contribution in [0, 0.1) is 6.92 Å². The number of nitrogens with one attached hydrogen (secondary N) is 1. The molecule has 108 valence electrons. The molecule has 1 atom stereocenters. The van der Waals surface area contributed by atoms with Gasteiger partial charge < -0.3 is 4.74 Å². The highest BCUT2D eigenvalue weighted by Crippen LogP contribution is 2.26. The van der Waals surface area contributed by atoms with E-state index in [1.54, 1.807) is 7.11 Å². The second-order valence-corrected chi connectivity index (χ2v) is 4.81. The van der Waals surface area contributed by atoms with Gasteiger partial charge in [0.1, 0.15) is 5.75 Å². The van der Waals surface area contributed by atoms with Crippen molar-refractivity contribution in [2.75, 3.05) is 7.11 Å². The maximum atomic E-state index is 5.76. The number of nitrogens with zero attached hydrogens (tertiary/aromatic N) is 2. The Kier molecular flexibility index (Phi) is 4.76. The van der Waals surface area contributed by atoms with Gasteiger partial charge in [0, 0.05) is 12.7 Å². The highest BCUT2D eigenvalue weighted by atomic mass is 16.5. The summed E-state index contributed by atoms with van der Waals surface area (Å²) in [5, 5.41) is 4.35. The molecule has 2 rings (SSSR count). The molecule has 1 aromatic heterocycles. The van der Waals surface area contributed by atoms with Crippen LogP contribution in [0.15, 0.2) is 30.5 Å². The highest BCUT2D eigenvalue weighted by Gasteiger charge is 2.17. The zero-order valence-corrected chi connectivity index (χ0v) is 12.3. The Morgan fingerprint density at radius 2 is 2.20 bits per heavy atom. The van der Waals surface area contributed by atoms with Crippen molar-refractivity contribution in [3.05, 3.63) is 47.3 Å². The first-order valence-electron chi connectivity index (χ1n) is 6.83. The van der Waals surface area contributed by atoms with E-state index in [0.717, 1.165) is 35.5 Å². The lowest BCUT2D eigenvalue weighted by Crippen LogP contribution is -2.30. The first kappa shape index (κ1) is 14.6. The smallest absolute Gasteiger partial charge is 0.121 e. The molecule has 5 nitrogen and oxygen atoms in total. The first-order valence-corrected chi connectivity index (χ1v) is 6.83. The summed E-state index contributed by atoms with van der Waals surface area (Å²) in [7, 11) is 1.68. The molecule has 0 saturated carbocycles. The van der Waals surface area contributed by atoms with Crippen LogP contribution in [0.3, 0.4) is 0 Å². The molecule has 0 saturated heterocycles. The standard InChI is InChI=1S/C15H22N4O/c1-4-9-19-13(7-8-17-19)15(18-16)12-5-6-14(20-3)11(2)10-12/h5-8,10,15,18H,4,9,16H2,1-3H3. The molecular weight excluding hydrogens is 252 g/mol. The van der Waals surface area contributed by atoms with Gasteiger partial charge in [0.25, 0.3) is 0 Å². The lowest BCUT2D eigenvalue weighted by Gasteiger charge is -2.19. The Labute approximate surface area is 119 Å². The summed E-state index contributed by atoms with van der Waals surface area (Å²) in [6.45, 7) is 5.04. The molecule has 0 fully saturated rings. The van der Waals surface area contributed by atoms with Gasteiger partial charge in [-0.05, 0) is 36.6 Å². The third kappa shape index (κ3) is 2.84. The van der Waals surface area contributed by atoms with E-state index >= 15 is 0 Å². The largest absolute Gasteiger partial charge is 0.496 e. The second-order valence-electron chi connectivity index (χ2n) is 4.81. The van der Waals surface area contributed by atoms with Crippen LogP contribution in [0.1, 0.15) is 36.2 Å². The molecule has 3 N–H and O–H groups in total. The van der Waals surface area contributed by atoms with Crippen molar-refractivity contribution in [1.29, 1.82) is 0 Å². The molecule has 1 heterocycles. The minimum Gasteiger partial charge on any atom is -0.496 e. The quantitative estimate of drug-likeness (QED) is 0.626. The number of rotatable bonds is 6. The maximum absolute atomic E-state index is 5.76. The summed E-state index contributed by atoms with van der Waals surface area (Å²) in [5.74, 6) is 6.64. The lowest BCUT2D eigenvalue weighted by molar-refractivity contribution is 0.411. The van der Waals surface area contributed by atoms with E-state index in [0.29, 0.717) is 0 Å². The fourth-order valence-electron chi connectivity index (χ4n) is 2.42. The number of hydrogen-bond donors (Lipinski definition) is 2. The SMILES string of the molecule is CCCn1nccc1C(NN)c1ccc(OC)c(C)c1. The van der Waals surface area contributed by atoms with Gasteiger partial charge in [-0.1, -0.05) is 19.1 Å². The molecule has 0 bridgehead atoms. The van der Waals surface area contributed by atoms with E-state index in [9.17, 15) is 0 Å². The summed E-state index contributed by atoms with van der Waals surface area (Å²) in [4.78, 5) is 0. The van der Waals surface area contributed by atoms with Crippen molar-refractivity contribution < 1.29 is 4.74 Å². The number of benzene rings is 1. The molecular formula is C15H22N4O. The molecule has 0 spiro atoms. The average molecular weight is 274 g/mol. The molecule has 0 aliphatic carbocycles. The first-order chi connectivity index (χ1) is 9.71. The average Bonchev–Trinajstić information content (AvgIpc) is 2.89. The third-order valence-corrected chi connectivity index (χ3v) is 3.40. The van der Waals surface area contributed by atoms with Crippen LogP contribution in [0.25, 0.3) is 0 Å². The van der Waals surface area contributed by atoms with Crippen molar-refractivity contribution in [2.24, 2.45) is 5.84 Å². The Balaban J connectivity index is 2.36. The van der Waals surface area contributed by atoms with E-state index < -0.39 is 0 Å². The number of aryl methyl sites for hydroxylation is 2. The third-order valence-electron chi connectivity index (χ3n) is 3.40. The van der Waals surface area contributed by atoms with Gasteiger partial charge in [-0.15, -0.1) is 0 Å². The van der Waals surface area contributed by atoms with E-state index in [4.69, 9.17) is 10.6 Å². The summed E-state index contributed by atoms with van der Waals surface area (Å²) < 4.78 is 7.29. The van der Waals surface area contributed by atoms with Gasteiger partial charge in [0.05, 0.1) is 18.8 Å². The molecule has 0 aliphatic heterocycles. The predicted octanol–water partition coefficient (Wildman–Crippen LogP) is 2.16. The molecule has 20 heavy (non-hydrogen) atoms. The molecule has 0 aliphatic rings. The maximum Gasteiger partial charge on any atom is 0.121 e. The molecule has 1 unspecified atom stereocenters. The number of methoxy groups -OCH3 is 1. The number of aromatic nitrogens is 2. The van der Waals surface area contributed by atoms with Crippen molar-refractivity contribution >= 4 is 0 Å². The van der Waals surface area contributed by atoms with Crippen LogP contribution < -0.4 is 16.0 Å². The van der Waals surface area contributed by atoms with Gasteiger partial charge in [0.15, 0.2) is 0 Å². The monoisotopic (exact) mass is 274 g/mol. The zero-order chi connectivity index (χ0) is 14.5. The van der Waals surface area contributed by atoms with Crippen molar-refractivity contribution in [3.8, 4) is 5.75 Å². The highest BCUT2D eigenvalue weighted by molar-refractivity contribution is 5.39. The van der Waals surface area contributed by atoms with E-state index in [1.807, 2.05) is 36.0 Å². The van der Waals surface area contributed by atoms with Crippen LogP contribution in [0.2, 0.25) is 0 Å². The van der Waals surface area contributed by atoms with E-state index in [1.165, 1.54) is 0 Å². The van der Waals surface area contributed by atoms with Gasteiger partial charge in [0.2, 0.25) is 0 Å². The van der Waals surface area contributed by atoms with Gasteiger partial charge >= 0.3 is 0 Å². The van der Waals surface area contributed by atoms with Gasteiger partial charge in [-0.2, -0.15) is 5.10 Å². The number of ether oxygens (including phenoxy) is 1. The van der Waals surface area contributed by atoms with Crippen LogP contribution in [-0.4, -0.2) is 16.9 Å². The van der Waals surface area contributed by atoms with Crippen LogP contribution in [0.5, 0.6) is 5.75 Å². The minimum absolute atomic E-state index is 0.0753. The molecule has 0 radical (unpaired) electrons. The fourth-order valence-corrected chi connectivity index (χ4v) is 2.42. The zero-order valence-electron chi connectivity index (χ0n) is 12.3. The summed E-state index contributed by atoms with van der Waals surface area (Å²) in [6, 6.07) is 8.01. The number of nitrogens with two attached hydrogens (primary N) is 1. The molecule has 2 aromatic rings. The number of hydrogen-bond acceptors (Lipinski definition) is 4. The Bertz CT molecular complexity index is 565. The van der Waals surface area contributed by atoms with Crippen LogP contribution in [-0.2, 0) is 6.54 Å². The molecule has 0 amide bonds. The van der Waals surface area contributed by atoms with Crippen LogP contribution in [0.4, 0.5) is 0 Å². The minimum atomic E-state index is -0.0753. The summed E-state index contributed by atoms with van der Waals surface area (Å²) >= 11 is 0. The summed E-state index contributed by atoms with van der Waals surface area (Å²) in [6.07, 6.45) is 2.85. The van der Waals surface area contributed by atoms with Crippen LogP contribution >= 0.6 is 0 Å². The van der Waals surface area contributed by atoms with Gasteiger partial charge in [-0.25, -0.2) is 5.43 Å². The van der Waals surface area contributed by atoms with Gasteiger partial charge in [-0.3, -0.25) is 10.5 Å². The van der Waals surface area contributed by atoms with E-state index in [-0.39, 0.29) is 6.04 Å². The van der Waals surface area contributed by atoms with Crippen molar-refractivity contribution in [2.45, 2.75) is 32.9 Å². The van der Waals surface area contributed by atoms with Crippen molar-refractivity contribution in [3.63, 3.8) is 0 Å². The normalized spacial score (nSPS) is 12.4. The molecule has 1 aromatic carbocycles. The summed E-state index contributed by atoms with van der Waals surface area (Å²) in [5.41, 5.74) is 6.14. The molecule has 5 heteroatoms. The fraction of sp³-hybridized carbons (Fsp3) is 0.400. The van der Waals surface area contributed by atoms with Crippen molar-refractivity contribution in [1.82, 2.24) is 15.2 Å². The Hall–Kier alpha value is -1.85. The number of hydrazine groups is 1. The Morgan fingerprint density at radius 1 is 1.40 bits per heavy atom.